The number of carbonyl (C=O) groups is 2. The summed E-state index contributed by atoms with van der Waals surface area (Å²) >= 11 is 0. The van der Waals surface area contributed by atoms with Gasteiger partial charge in [-0.05, 0) is 51.0 Å². The molecule has 1 atom stereocenters. The van der Waals surface area contributed by atoms with Gasteiger partial charge in [0.15, 0.2) is 0 Å². The molecular weight excluding hydrogens is 298 g/mol. The average Bonchev–Trinajstić information content (AvgIpc) is 2.53. The molecular formula is C17H25NO5. The molecule has 128 valence electrons. The fraction of sp³-hybridized carbons (Fsp3) is 0.529. The first kappa shape index (κ1) is 19.1. The van der Waals surface area contributed by atoms with Crippen molar-refractivity contribution in [3.05, 3.63) is 28.8 Å². The van der Waals surface area contributed by atoms with E-state index in [2.05, 4.69) is 5.32 Å². The van der Waals surface area contributed by atoms with Crippen LogP contribution in [-0.4, -0.2) is 44.9 Å². The van der Waals surface area contributed by atoms with Crippen LogP contribution in [0.15, 0.2) is 12.1 Å². The smallest absolute Gasteiger partial charge is 0.338 e. The monoisotopic (exact) mass is 323 g/mol. The van der Waals surface area contributed by atoms with Crippen LogP contribution in [0.5, 0.6) is 0 Å². The lowest BCUT2D eigenvalue weighted by Gasteiger charge is -2.15. The second-order valence-corrected chi connectivity index (χ2v) is 5.16. The van der Waals surface area contributed by atoms with Gasteiger partial charge in [0.2, 0.25) is 0 Å². The highest BCUT2D eigenvalue weighted by Gasteiger charge is 2.17. The average molecular weight is 323 g/mol. The second kappa shape index (κ2) is 9.27. The number of aryl methyl sites for hydroxylation is 1. The number of nitrogens with one attached hydrogen (secondary N) is 1. The third-order valence-corrected chi connectivity index (χ3v) is 3.51. The van der Waals surface area contributed by atoms with Gasteiger partial charge >= 0.3 is 5.97 Å². The molecule has 0 spiro atoms. The van der Waals surface area contributed by atoms with Gasteiger partial charge in [0.25, 0.3) is 5.91 Å². The quantitative estimate of drug-likeness (QED) is 0.587. The zero-order valence-corrected chi connectivity index (χ0v) is 14.4. The molecule has 1 aromatic carbocycles. The summed E-state index contributed by atoms with van der Waals surface area (Å²) in [4.78, 5) is 23.9. The Morgan fingerprint density at radius 1 is 1.22 bits per heavy atom. The van der Waals surface area contributed by atoms with E-state index in [0.29, 0.717) is 31.1 Å². The minimum atomic E-state index is -0.612. The lowest BCUT2D eigenvalue weighted by atomic mass is 10.0. The van der Waals surface area contributed by atoms with Crippen molar-refractivity contribution in [1.29, 1.82) is 0 Å². The first-order valence-corrected chi connectivity index (χ1v) is 7.60. The van der Waals surface area contributed by atoms with E-state index in [1.54, 1.807) is 13.0 Å². The minimum Gasteiger partial charge on any atom is -0.465 e. The number of rotatable bonds is 8. The van der Waals surface area contributed by atoms with E-state index in [-0.39, 0.29) is 5.91 Å². The molecule has 0 fully saturated rings. The van der Waals surface area contributed by atoms with Crippen molar-refractivity contribution >= 4 is 17.6 Å². The number of hydrogen-bond acceptors (Lipinski definition) is 5. The number of carbonyl (C=O) groups excluding carboxylic acids is 2. The van der Waals surface area contributed by atoms with Gasteiger partial charge in [0.1, 0.15) is 6.10 Å². The summed E-state index contributed by atoms with van der Waals surface area (Å²) in [6.07, 6.45) is -0.612. The van der Waals surface area contributed by atoms with Crippen LogP contribution in [0.25, 0.3) is 0 Å². The van der Waals surface area contributed by atoms with E-state index in [9.17, 15) is 9.59 Å². The fourth-order valence-electron chi connectivity index (χ4n) is 2.00. The summed E-state index contributed by atoms with van der Waals surface area (Å²) in [5.41, 5.74) is 2.70. The van der Waals surface area contributed by atoms with Crippen LogP contribution in [-0.2, 0) is 19.0 Å². The summed E-state index contributed by atoms with van der Waals surface area (Å²) in [5.74, 6) is -0.705. The van der Waals surface area contributed by atoms with Gasteiger partial charge in [-0.25, -0.2) is 4.79 Å². The first-order chi connectivity index (χ1) is 10.9. The molecule has 1 unspecified atom stereocenters. The standard InChI is InChI=1S/C17H25NO5/c1-6-22-7-8-23-13(4)16(19)18-14-9-11(2)12(3)15(10-14)17(20)21-5/h9-10,13H,6-8H2,1-5H3,(H,18,19). The van der Waals surface area contributed by atoms with Gasteiger partial charge in [-0.1, -0.05) is 0 Å². The molecule has 6 nitrogen and oxygen atoms in total. The zero-order valence-electron chi connectivity index (χ0n) is 14.4. The Bertz CT molecular complexity index is 556. The van der Waals surface area contributed by atoms with Crippen molar-refractivity contribution in [2.75, 3.05) is 32.2 Å². The highest BCUT2D eigenvalue weighted by molar-refractivity contribution is 5.97. The van der Waals surface area contributed by atoms with Gasteiger partial charge < -0.3 is 19.5 Å². The van der Waals surface area contributed by atoms with Crippen molar-refractivity contribution in [1.82, 2.24) is 0 Å². The van der Waals surface area contributed by atoms with E-state index >= 15 is 0 Å². The number of ether oxygens (including phenoxy) is 3. The predicted octanol–water partition coefficient (Wildman–Crippen LogP) is 2.47. The molecule has 23 heavy (non-hydrogen) atoms. The number of esters is 1. The molecule has 0 aliphatic carbocycles. The first-order valence-electron chi connectivity index (χ1n) is 7.60. The van der Waals surface area contributed by atoms with Crippen LogP contribution in [0.4, 0.5) is 5.69 Å². The Balaban J connectivity index is 2.74. The number of anilines is 1. The van der Waals surface area contributed by atoms with Gasteiger partial charge in [0.05, 0.1) is 25.9 Å². The molecule has 0 aliphatic heterocycles. The molecule has 0 radical (unpaired) electrons. The number of methoxy groups -OCH3 is 1. The maximum Gasteiger partial charge on any atom is 0.338 e. The summed E-state index contributed by atoms with van der Waals surface area (Å²) in [6.45, 7) is 8.69. The van der Waals surface area contributed by atoms with Gasteiger partial charge in [0, 0.05) is 12.3 Å². The predicted molar refractivity (Wildman–Crippen MR) is 87.8 cm³/mol. The van der Waals surface area contributed by atoms with Crippen LogP contribution in [0.2, 0.25) is 0 Å². The summed E-state index contributed by atoms with van der Waals surface area (Å²) < 4.78 is 15.3. The van der Waals surface area contributed by atoms with Crippen LogP contribution < -0.4 is 5.32 Å². The third-order valence-electron chi connectivity index (χ3n) is 3.51. The Kier molecular flexibility index (Phi) is 7.71. The maximum absolute atomic E-state index is 12.1. The Hall–Kier alpha value is -1.92. The lowest BCUT2D eigenvalue weighted by Crippen LogP contribution is -2.29. The molecule has 0 bridgehead atoms. The van der Waals surface area contributed by atoms with E-state index in [1.807, 2.05) is 26.8 Å². The molecule has 0 aromatic heterocycles. The van der Waals surface area contributed by atoms with E-state index in [1.165, 1.54) is 7.11 Å². The van der Waals surface area contributed by atoms with E-state index < -0.39 is 12.1 Å². The topological polar surface area (TPSA) is 73.9 Å². The molecule has 0 saturated carbocycles. The van der Waals surface area contributed by atoms with Crippen LogP contribution in [0.1, 0.15) is 35.3 Å². The number of amides is 1. The molecule has 1 aromatic rings. The molecule has 0 saturated heterocycles. The minimum absolute atomic E-state index is 0.277. The second-order valence-electron chi connectivity index (χ2n) is 5.16. The van der Waals surface area contributed by atoms with Crippen molar-refractivity contribution < 1.29 is 23.8 Å². The SMILES string of the molecule is CCOCCOC(C)C(=O)Nc1cc(C)c(C)c(C(=O)OC)c1. The normalized spacial score (nSPS) is 11.9. The van der Waals surface area contributed by atoms with Crippen molar-refractivity contribution in [3.63, 3.8) is 0 Å². The zero-order chi connectivity index (χ0) is 17.4. The van der Waals surface area contributed by atoms with E-state index in [0.717, 1.165) is 11.1 Å². The highest BCUT2D eigenvalue weighted by atomic mass is 16.5. The van der Waals surface area contributed by atoms with Crippen LogP contribution >= 0.6 is 0 Å². The van der Waals surface area contributed by atoms with Gasteiger partial charge in [-0.2, -0.15) is 0 Å². The van der Waals surface area contributed by atoms with Crippen LogP contribution in [0, 0.1) is 13.8 Å². The molecule has 6 heteroatoms. The largest absolute Gasteiger partial charge is 0.465 e. The van der Waals surface area contributed by atoms with Crippen molar-refractivity contribution in [2.45, 2.75) is 33.8 Å². The van der Waals surface area contributed by atoms with E-state index in [4.69, 9.17) is 14.2 Å². The van der Waals surface area contributed by atoms with Crippen LogP contribution in [0.3, 0.4) is 0 Å². The summed E-state index contributed by atoms with van der Waals surface area (Å²) in [5, 5.41) is 2.76. The Morgan fingerprint density at radius 3 is 2.52 bits per heavy atom. The molecule has 0 aliphatic rings. The third kappa shape index (κ3) is 5.65. The highest BCUT2D eigenvalue weighted by Crippen LogP contribution is 2.21. The molecule has 1 rings (SSSR count). The molecule has 1 N–H and O–H groups in total. The summed E-state index contributed by atoms with van der Waals surface area (Å²) in [6, 6.07) is 3.42. The van der Waals surface area contributed by atoms with Gasteiger partial charge in [-0.15, -0.1) is 0 Å². The summed E-state index contributed by atoms with van der Waals surface area (Å²) in [7, 11) is 1.33. The number of benzene rings is 1. The van der Waals surface area contributed by atoms with Crippen molar-refractivity contribution in [3.8, 4) is 0 Å². The molecule has 1 amide bonds. The molecule has 0 heterocycles. The Morgan fingerprint density at radius 2 is 1.91 bits per heavy atom. The van der Waals surface area contributed by atoms with Crippen molar-refractivity contribution in [2.24, 2.45) is 0 Å². The lowest BCUT2D eigenvalue weighted by molar-refractivity contribution is -0.127. The number of hydrogen-bond donors (Lipinski definition) is 1. The maximum atomic E-state index is 12.1. The Labute approximate surface area is 137 Å². The fourth-order valence-corrected chi connectivity index (χ4v) is 2.00. The van der Waals surface area contributed by atoms with Gasteiger partial charge in [-0.3, -0.25) is 4.79 Å².